The van der Waals surface area contributed by atoms with Gasteiger partial charge in [-0.05, 0) is 38.8 Å². The van der Waals surface area contributed by atoms with E-state index in [0.717, 1.165) is 50.7 Å². The third-order valence-corrected chi connectivity index (χ3v) is 5.84. The molecule has 146 valence electrons. The number of aromatic nitrogens is 5. The Labute approximate surface area is 160 Å². The summed E-state index contributed by atoms with van der Waals surface area (Å²) in [6.45, 7) is 4.67. The number of amides is 1. The molecule has 4 heterocycles. The number of likely N-dealkylation sites (tertiary alicyclic amines) is 2. The minimum Gasteiger partial charge on any atom is -0.338 e. The molecule has 0 bridgehead atoms. The third-order valence-electron chi connectivity index (χ3n) is 5.84. The summed E-state index contributed by atoms with van der Waals surface area (Å²) in [6, 6.07) is 0. The van der Waals surface area contributed by atoms with E-state index < -0.39 is 0 Å². The molecule has 2 fully saturated rings. The molecular weight excluding hydrogens is 342 g/mol. The fraction of sp³-hybridized carbons (Fsp3) is 0.684. The molecule has 4 rings (SSSR count). The molecule has 0 saturated carbocycles. The molecule has 2 aliphatic heterocycles. The Morgan fingerprint density at radius 1 is 1.11 bits per heavy atom. The van der Waals surface area contributed by atoms with E-state index in [0.29, 0.717) is 12.1 Å². The maximum absolute atomic E-state index is 12.8. The van der Waals surface area contributed by atoms with Gasteiger partial charge in [-0.3, -0.25) is 14.4 Å². The van der Waals surface area contributed by atoms with E-state index in [-0.39, 0.29) is 11.8 Å². The zero-order valence-corrected chi connectivity index (χ0v) is 16.3. The van der Waals surface area contributed by atoms with E-state index in [1.165, 1.54) is 19.3 Å². The molecule has 2 saturated heterocycles. The van der Waals surface area contributed by atoms with E-state index in [1.807, 2.05) is 11.9 Å². The van der Waals surface area contributed by atoms with Crippen molar-refractivity contribution < 1.29 is 4.79 Å². The van der Waals surface area contributed by atoms with Crippen LogP contribution < -0.4 is 0 Å². The van der Waals surface area contributed by atoms with Gasteiger partial charge in [0.1, 0.15) is 11.6 Å². The topological polar surface area (TPSA) is 72.1 Å². The fourth-order valence-electron chi connectivity index (χ4n) is 4.27. The molecule has 2 aromatic rings. The van der Waals surface area contributed by atoms with Crippen LogP contribution in [0.4, 0.5) is 0 Å². The highest BCUT2D eigenvalue weighted by molar-refractivity contribution is 5.93. The Morgan fingerprint density at radius 3 is 2.67 bits per heavy atom. The van der Waals surface area contributed by atoms with Gasteiger partial charge in [0.15, 0.2) is 0 Å². The third kappa shape index (κ3) is 3.90. The van der Waals surface area contributed by atoms with Gasteiger partial charge in [0.25, 0.3) is 5.91 Å². The van der Waals surface area contributed by atoms with E-state index in [9.17, 15) is 4.79 Å². The Balaban J connectivity index is 1.44. The average molecular weight is 371 g/mol. The number of carbonyl (C=O) groups excluding carboxylic acids is 1. The van der Waals surface area contributed by atoms with Crippen LogP contribution in [0.1, 0.15) is 60.0 Å². The first-order valence-corrected chi connectivity index (χ1v) is 10.0. The summed E-state index contributed by atoms with van der Waals surface area (Å²) in [5, 5.41) is 13.1. The van der Waals surface area contributed by atoms with Crippen molar-refractivity contribution in [3.63, 3.8) is 0 Å². The zero-order valence-electron chi connectivity index (χ0n) is 16.3. The number of nitrogens with zero attached hydrogens (tertiary/aromatic N) is 7. The van der Waals surface area contributed by atoms with Crippen LogP contribution in [-0.4, -0.2) is 66.4 Å². The predicted molar refractivity (Wildman–Crippen MR) is 101 cm³/mol. The van der Waals surface area contributed by atoms with Gasteiger partial charge in [0.05, 0.1) is 18.3 Å². The lowest BCUT2D eigenvalue weighted by Crippen LogP contribution is -2.39. The van der Waals surface area contributed by atoms with E-state index in [4.69, 9.17) is 0 Å². The molecule has 0 unspecified atom stereocenters. The monoisotopic (exact) mass is 371 g/mol. The quantitative estimate of drug-likeness (QED) is 0.815. The smallest absolute Gasteiger partial charge is 0.257 e. The van der Waals surface area contributed by atoms with Crippen LogP contribution in [0.2, 0.25) is 0 Å². The van der Waals surface area contributed by atoms with Crippen molar-refractivity contribution in [2.24, 2.45) is 14.1 Å². The van der Waals surface area contributed by atoms with Gasteiger partial charge in [0.2, 0.25) is 0 Å². The first kappa shape index (κ1) is 18.2. The summed E-state index contributed by atoms with van der Waals surface area (Å²) in [7, 11) is 3.90. The van der Waals surface area contributed by atoms with Crippen molar-refractivity contribution in [1.82, 2.24) is 34.3 Å². The Bertz CT molecular complexity index is 790. The van der Waals surface area contributed by atoms with Gasteiger partial charge in [0, 0.05) is 39.3 Å². The Morgan fingerprint density at radius 2 is 1.93 bits per heavy atom. The minimum absolute atomic E-state index is 0.0588. The second-order valence-electron chi connectivity index (χ2n) is 7.86. The van der Waals surface area contributed by atoms with Gasteiger partial charge >= 0.3 is 0 Å². The number of piperidine rings is 2. The molecular formula is C19H29N7O. The molecule has 0 aliphatic carbocycles. The van der Waals surface area contributed by atoms with Gasteiger partial charge < -0.3 is 9.47 Å². The van der Waals surface area contributed by atoms with Gasteiger partial charge in [-0.15, -0.1) is 10.2 Å². The van der Waals surface area contributed by atoms with E-state index in [1.54, 1.807) is 17.1 Å². The summed E-state index contributed by atoms with van der Waals surface area (Å²) in [5.41, 5.74) is 0.655. The lowest BCUT2D eigenvalue weighted by Gasteiger charge is -2.32. The molecule has 0 aromatic carbocycles. The second kappa shape index (κ2) is 7.80. The molecule has 8 heteroatoms. The lowest BCUT2D eigenvalue weighted by atomic mass is 9.96. The first-order chi connectivity index (χ1) is 13.1. The van der Waals surface area contributed by atoms with E-state index >= 15 is 0 Å². The SMILES string of the molecule is Cn1cc(C(=O)N2CCC[C@@H](c3nnc(CN4CCCCC4)n3C)C2)cn1. The number of carbonyl (C=O) groups is 1. The van der Waals surface area contributed by atoms with Gasteiger partial charge in [-0.25, -0.2) is 0 Å². The maximum atomic E-state index is 12.8. The van der Waals surface area contributed by atoms with Crippen LogP contribution in [0, 0.1) is 0 Å². The Kier molecular flexibility index (Phi) is 5.24. The number of hydrogen-bond acceptors (Lipinski definition) is 5. The van der Waals surface area contributed by atoms with Crippen LogP contribution in [-0.2, 0) is 20.6 Å². The predicted octanol–water partition coefficient (Wildman–Crippen LogP) is 1.55. The molecule has 0 spiro atoms. The highest BCUT2D eigenvalue weighted by Crippen LogP contribution is 2.27. The van der Waals surface area contributed by atoms with Gasteiger partial charge in [-0.1, -0.05) is 6.42 Å². The van der Waals surface area contributed by atoms with Crippen LogP contribution in [0.3, 0.4) is 0 Å². The first-order valence-electron chi connectivity index (χ1n) is 10.0. The molecule has 0 N–H and O–H groups in total. The van der Waals surface area contributed by atoms with Crippen molar-refractivity contribution in [2.45, 2.75) is 44.6 Å². The maximum Gasteiger partial charge on any atom is 0.257 e. The standard InChI is InChI=1S/C19H29N7O/c1-23-12-16(11-20-23)19(27)26-10-6-7-15(13-26)18-22-21-17(24(18)2)14-25-8-4-3-5-9-25/h11-12,15H,3-10,13-14H2,1-2H3/t15-/m1/s1. The van der Waals surface area contributed by atoms with Crippen molar-refractivity contribution in [2.75, 3.05) is 26.2 Å². The zero-order chi connectivity index (χ0) is 18.8. The van der Waals surface area contributed by atoms with Gasteiger partial charge in [-0.2, -0.15) is 5.10 Å². The number of aryl methyl sites for hydroxylation is 1. The summed E-state index contributed by atoms with van der Waals surface area (Å²) in [6.07, 6.45) is 9.36. The normalized spacial score (nSPS) is 21.6. The van der Waals surface area contributed by atoms with Crippen LogP contribution in [0.5, 0.6) is 0 Å². The van der Waals surface area contributed by atoms with Crippen molar-refractivity contribution >= 4 is 5.91 Å². The summed E-state index contributed by atoms with van der Waals surface area (Å²) >= 11 is 0. The van der Waals surface area contributed by atoms with Crippen LogP contribution in [0.15, 0.2) is 12.4 Å². The summed E-state index contributed by atoms with van der Waals surface area (Å²) in [5.74, 6) is 2.34. The van der Waals surface area contributed by atoms with Crippen molar-refractivity contribution in [3.05, 3.63) is 29.6 Å². The summed E-state index contributed by atoms with van der Waals surface area (Å²) < 4.78 is 3.82. The molecule has 27 heavy (non-hydrogen) atoms. The molecule has 1 atom stereocenters. The number of hydrogen-bond donors (Lipinski definition) is 0. The highest BCUT2D eigenvalue weighted by Gasteiger charge is 2.29. The highest BCUT2D eigenvalue weighted by atomic mass is 16.2. The molecule has 2 aromatic heterocycles. The minimum atomic E-state index is 0.0588. The number of rotatable bonds is 4. The molecule has 0 radical (unpaired) electrons. The average Bonchev–Trinajstić information content (AvgIpc) is 3.28. The molecule has 1 amide bonds. The second-order valence-corrected chi connectivity index (χ2v) is 7.86. The van der Waals surface area contributed by atoms with Crippen molar-refractivity contribution in [3.8, 4) is 0 Å². The summed E-state index contributed by atoms with van der Waals surface area (Å²) in [4.78, 5) is 17.2. The Hall–Kier alpha value is -2.22. The lowest BCUT2D eigenvalue weighted by molar-refractivity contribution is 0.0703. The van der Waals surface area contributed by atoms with E-state index in [2.05, 4.69) is 31.8 Å². The molecule has 8 nitrogen and oxygen atoms in total. The van der Waals surface area contributed by atoms with Crippen molar-refractivity contribution in [1.29, 1.82) is 0 Å². The van der Waals surface area contributed by atoms with Crippen LogP contribution in [0.25, 0.3) is 0 Å². The van der Waals surface area contributed by atoms with Crippen LogP contribution >= 0.6 is 0 Å². The fourth-order valence-corrected chi connectivity index (χ4v) is 4.27. The molecule has 2 aliphatic rings. The largest absolute Gasteiger partial charge is 0.338 e.